The van der Waals surface area contributed by atoms with Gasteiger partial charge in [0, 0.05) is 17.4 Å². The van der Waals surface area contributed by atoms with E-state index in [9.17, 15) is 9.59 Å². The Kier molecular flexibility index (Phi) is 4.38. The lowest BCUT2D eigenvalue weighted by atomic mass is 10.2. The minimum Gasteiger partial charge on any atom is -0.497 e. The molecule has 1 aromatic heterocycles. The van der Waals surface area contributed by atoms with Crippen LogP contribution in [-0.2, 0) is 0 Å². The highest BCUT2D eigenvalue weighted by Crippen LogP contribution is 2.16. The number of hydrogen-bond acceptors (Lipinski definition) is 4. The van der Waals surface area contributed by atoms with Crippen LogP contribution < -0.4 is 15.6 Å². The van der Waals surface area contributed by atoms with Crippen LogP contribution in [0.5, 0.6) is 5.75 Å². The number of nitrogens with zero attached hydrogens (tertiary/aromatic N) is 1. The van der Waals surface area contributed by atoms with Gasteiger partial charge in [-0.2, -0.15) is 0 Å². The molecule has 0 unspecified atom stereocenters. The standard InChI is InChI=1S/C18H15N3O3/c1-24-14-9-7-13(8-10-14)20-17(22)15-11-19-16(21-18(15)23)12-5-3-2-4-6-12/h2-11H,1H3,(H,20,22)(H,19,21,23). The smallest absolute Gasteiger partial charge is 0.264 e. The predicted molar refractivity (Wildman–Crippen MR) is 91.2 cm³/mol. The molecule has 6 nitrogen and oxygen atoms in total. The van der Waals surface area contributed by atoms with Gasteiger partial charge >= 0.3 is 0 Å². The number of H-pyrrole nitrogens is 1. The largest absolute Gasteiger partial charge is 0.497 e. The first-order chi connectivity index (χ1) is 11.7. The third-order valence-electron chi connectivity index (χ3n) is 3.44. The van der Waals surface area contributed by atoms with E-state index < -0.39 is 11.5 Å². The van der Waals surface area contributed by atoms with Gasteiger partial charge < -0.3 is 15.0 Å². The normalized spacial score (nSPS) is 10.2. The summed E-state index contributed by atoms with van der Waals surface area (Å²) in [6, 6.07) is 16.0. The lowest BCUT2D eigenvalue weighted by Crippen LogP contribution is -2.24. The quantitative estimate of drug-likeness (QED) is 0.774. The van der Waals surface area contributed by atoms with Crippen LogP contribution in [0.1, 0.15) is 10.4 Å². The molecule has 120 valence electrons. The second-order valence-electron chi connectivity index (χ2n) is 5.02. The molecule has 0 bridgehead atoms. The van der Waals surface area contributed by atoms with Crippen molar-refractivity contribution in [3.05, 3.63) is 76.7 Å². The zero-order valence-electron chi connectivity index (χ0n) is 12.9. The molecule has 0 spiro atoms. The fourth-order valence-corrected chi connectivity index (χ4v) is 2.17. The van der Waals surface area contributed by atoms with E-state index in [0.717, 1.165) is 5.56 Å². The molecule has 0 aliphatic carbocycles. The monoisotopic (exact) mass is 321 g/mol. The van der Waals surface area contributed by atoms with E-state index in [1.807, 2.05) is 30.3 Å². The number of hydrogen-bond donors (Lipinski definition) is 2. The van der Waals surface area contributed by atoms with Crippen molar-refractivity contribution in [1.82, 2.24) is 9.97 Å². The summed E-state index contributed by atoms with van der Waals surface area (Å²) in [4.78, 5) is 31.2. The number of nitrogens with one attached hydrogen (secondary N) is 2. The van der Waals surface area contributed by atoms with E-state index in [4.69, 9.17) is 4.74 Å². The number of methoxy groups -OCH3 is 1. The summed E-state index contributed by atoms with van der Waals surface area (Å²) in [5.74, 6) is 0.579. The van der Waals surface area contributed by atoms with Gasteiger partial charge in [-0.1, -0.05) is 30.3 Å². The van der Waals surface area contributed by atoms with Crippen molar-refractivity contribution < 1.29 is 9.53 Å². The number of aromatic nitrogens is 2. The van der Waals surface area contributed by atoms with Crippen molar-refractivity contribution in [2.24, 2.45) is 0 Å². The Morgan fingerprint density at radius 2 is 1.79 bits per heavy atom. The fourth-order valence-electron chi connectivity index (χ4n) is 2.17. The summed E-state index contributed by atoms with van der Waals surface area (Å²) in [7, 11) is 1.56. The lowest BCUT2D eigenvalue weighted by Gasteiger charge is -2.06. The van der Waals surface area contributed by atoms with Crippen molar-refractivity contribution in [3.8, 4) is 17.1 Å². The molecule has 0 fully saturated rings. The predicted octanol–water partition coefficient (Wildman–Crippen LogP) is 2.70. The number of rotatable bonds is 4. The van der Waals surface area contributed by atoms with Crippen LogP contribution >= 0.6 is 0 Å². The highest BCUT2D eigenvalue weighted by Gasteiger charge is 2.13. The van der Waals surface area contributed by atoms with E-state index in [-0.39, 0.29) is 5.56 Å². The van der Waals surface area contributed by atoms with Gasteiger partial charge in [-0.05, 0) is 24.3 Å². The first-order valence-electron chi connectivity index (χ1n) is 7.27. The van der Waals surface area contributed by atoms with Crippen LogP contribution in [0.2, 0.25) is 0 Å². The molecular weight excluding hydrogens is 306 g/mol. The van der Waals surface area contributed by atoms with E-state index in [0.29, 0.717) is 17.3 Å². The Balaban J connectivity index is 1.81. The molecule has 3 rings (SSSR count). The van der Waals surface area contributed by atoms with Crippen molar-refractivity contribution >= 4 is 11.6 Å². The van der Waals surface area contributed by atoms with Crippen LogP contribution in [0, 0.1) is 0 Å². The molecular formula is C18H15N3O3. The summed E-state index contributed by atoms with van der Waals surface area (Å²) < 4.78 is 5.06. The van der Waals surface area contributed by atoms with Crippen molar-refractivity contribution in [1.29, 1.82) is 0 Å². The van der Waals surface area contributed by atoms with E-state index in [1.54, 1.807) is 31.4 Å². The first kappa shape index (κ1) is 15.5. The zero-order chi connectivity index (χ0) is 16.9. The molecule has 24 heavy (non-hydrogen) atoms. The second-order valence-corrected chi connectivity index (χ2v) is 5.02. The number of anilines is 1. The molecule has 1 amide bonds. The highest BCUT2D eigenvalue weighted by molar-refractivity contribution is 6.03. The Hall–Kier alpha value is -3.41. The van der Waals surface area contributed by atoms with Gasteiger partial charge in [0.25, 0.3) is 11.5 Å². The molecule has 0 aliphatic heterocycles. The molecule has 0 aliphatic rings. The van der Waals surface area contributed by atoms with Gasteiger partial charge in [0.2, 0.25) is 0 Å². The van der Waals surface area contributed by atoms with Gasteiger partial charge in [0.05, 0.1) is 7.11 Å². The average molecular weight is 321 g/mol. The number of benzene rings is 2. The zero-order valence-corrected chi connectivity index (χ0v) is 12.9. The first-order valence-corrected chi connectivity index (χ1v) is 7.27. The maximum absolute atomic E-state index is 12.2. The van der Waals surface area contributed by atoms with Crippen molar-refractivity contribution in [2.45, 2.75) is 0 Å². The van der Waals surface area contributed by atoms with Gasteiger partial charge in [0.1, 0.15) is 17.1 Å². The number of carbonyl (C=O) groups is 1. The van der Waals surface area contributed by atoms with Gasteiger partial charge in [0.15, 0.2) is 0 Å². The molecule has 3 aromatic rings. The van der Waals surface area contributed by atoms with Crippen LogP contribution in [0.25, 0.3) is 11.4 Å². The van der Waals surface area contributed by atoms with Gasteiger partial charge in [-0.15, -0.1) is 0 Å². The molecule has 1 heterocycles. The van der Waals surface area contributed by atoms with Crippen molar-refractivity contribution in [3.63, 3.8) is 0 Å². The minimum atomic E-state index is -0.520. The molecule has 0 saturated heterocycles. The van der Waals surface area contributed by atoms with Crippen LogP contribution in [0.3, 0.4) is 0 Å². The molecule has 2 N–H and O–H groups in total. The fraction of sp³-hybridized carbons (Fsp3) is 0.0556. The Bertz CT molecular complexity index is 903. The Morgan fingerprint density at radius 3 is 2.42 bits per heavy atom. The summed E-state index contributed by atoms with van der Waals surface area (Å²) in [6.07, 6.45) is 1.28. The summed E-state index contributed by atoms with van der Waals surface area (Å²) in [6.45, 7) is 0. The summed E-state index contributed by atoms with van der Waals surface area (Å²) >= 11 is 0. The molecule has 2 aromatic carbocycles. The van der Waals surface area contributed by atoms with Crippen molar-refractivity contribution in [2.75, 3.05) is 12.4 Å². The van der Waals surface area contributed by atoms with Crippen LogP contribution in [0.4, 0.5) is 5.69 Å². The number of amides is 1. The molecule has 6 heteroatoms. The van der Waals surface area contributed by atoms with Gasteiger partial charge in [-0.25, -0.2) is 4.98 Å². The average Bonchev–Trinajstić information content (AvgIpc) is 2.63. The van der Waals surface area contributed by atoms with Gasteiger partial charge in [-0.3, -0.25) is 9.59 Å². The van der Waals surface area contributed by atoms with E-state index >= 15 is 0 Å². The Morgan fingerprint density at radius 1 is 1.08 bits per heavy atom. The van der Waals surface area contributed by atoms with E-state index in [1.165, 1.54) is 6.20 Å². The third-order valence-corrected chi connectivity index (χ3v) is 3.44. The maximum Gasteiger partial charge on any atom is 0.264 e. The molecule has 0 atom stereocenters. The number of ether oxygens (including phenoxy) is 1. The third kappa shape index (κ3) is 3.33. The minimum absolute atomic E-state index is 0.0505. The summed E-state index contributed by atoms with van der Waals surface area (Å²) in [5, 5.41) is 2.66. The molecule has 0 radical (unpaired) electrons. The van der Waals surface area contributed by atoms with Crippen LogP contribution in [-0.4, -0.2) is 23.0 Å². The van der Waals surface area contributed by atoms with E-state index in [2.05, 4.69) is 15.3 Å². The number of carbonyl (C=O) groups excluding carboxylic acids is 1. The number of aromatic amines is 1. The van der Waals surface area contributed by atoms with Crippen LogP contribution in [0.15, 0.2) is 65.6 Å². The lowest BCUT2D eigenvalue weighted by molar-refractivity contribution is 0.102. The maximum atomic E-state index is 12.2. The topological polar surface area (TPSA) is 84.1 Å². The Labute approximate surface area is 138 Å². The summed E-state index contributed by atoms with van der Waals surface area (Å²) in [5.41, 5.74) is 0.796. The highest BCUT2D eigenvalue weighted by atomic mass is 16.5. The molecule has 0 saturated carbocycles. The second kappa shape index (κ2) is 6.78. The SMILES string of the molecule is COc1ccc(NC(=O)c2cnc(-c3ccccc3)[nH]c2=O)cc1.